The van der Waals surface area contributed by atoms with Crippen LogP contribution in [0.25, 0.3) is 0 Å². The first kappa shape index (κ1) is 23.2. The molecule has 1 aliphatic rings. The molecule has 9 nitrogen and oxygen atoms in total. The Labute approximate surface area is 176 Å². The van der Waals surface area contributed by atoms with Crippen LogP contribution in [0.4, 0.5) is 0 Å². The van der Waals surface area contributed by atoms with E-state index in [0.29, 0.717) is 23.7 Å². The van der Waals surface area contributed by atoms with Gasteiger partial charge in [0.15, 0.2) is 18.1 Å². The average molecular weight is 418 g/mol. The molecule has 0 unspecified atom stereocenters. The number of hydrazone groups is 1. The maximum atomic E-state index is 12.2. The Morgan fingerprint density at radius 1 is 1.13 bits per heavy atom. The minimum Gasteiger partial charge on any atom is -0.490 e. The second-order valence-corrected chi connectivity index (χ2v) is 7.00. The van der Waals surface area contributed by atoms with Crippen LogP contribution in [0.2, 0.25) is 0 Å². The molecule has 2 rings (SSSR count). The van der Waals surface area contributed by atoms with E-state index in [1.165, 1.54) is 6.21 Å². The number of carbonyl (C=O) groups is 3. The van der Waals surface area contributed by atoms with Gasteiger partial charge < -0.3 is 19.7 Å². The predicted molar refractivity (Wildman–Crippen MR) is 113 cm³/mol. The fourth-order valence-corrected chi connectivity index (χ4v) is 2.80. The summed E-state index contributed by atoms with van der Waals surface area (Å²) in [6, 6.07) is 4.99. The Balaban J connectivity index is 1.94. The van der Waals surface area contributed by atoms with Crippen molar-refractivity contribution in [1.82, 2.24) is 15.6 Å². The Morgan fingerprint density at radius 3 is 2.53 bits per heavy atom. The molecule has 30 heavy (non-hydrogen) atoms. The third-order valence-electron chi connectivity index (χ3n) is 4.65. The zero-order valence-corrected chi connectivity index (χ0v) is 17.8. The number of amides is 3. The van der Waals surface area contributed by atoms with Crippen molar-refractivity contribution in [2.75, 3.05) is 26.3 Å². The third kappa shape index (κ3) is 7.06. The lowest BCUT2D eigenvalue weighted by Gasteiger charge is -2.17. The lowest BCUT2D eigenvalue weighted by Crippen LogP contribution is -2.41. The first-order valence-electron chi connectivity index (χ1n) is 10.3. The molecular weight excluding hydrogens is 388 g/mol. The lowest BCUT2D eigenvalue weighted by molar-refractivity contribution is -0.139. The summed E-state index contributed by atoms with van der Waals surface area (Å²) in [7, 11) is 0. The van der Waals surface area contributed by atoms with Gasteiger partial charge in [-0.2, -0.15) is 5.10 Å². The quantitative estimate of drug-likeness (QED) is 0.358. The Bertz CT molecular complexity index is 775. The maximum absolute atomic E-state index is 12.2. The van der Waals surface area contributed by atoms with Crippen molar-refractivity contribution < 1.29 is 23.9 Å². The van der Waals surface area contributed by atoms with Crippen molar-refractivity contribution in [3.8, 4) is 11.5 Å². The highest BCUT2D eigenvalue weighted by Crippen LogP contribution is 2.28. The van der Waals surface area contributed by atoms with Gasteiger partial charge in [0.1, 0.15) is 0 Å². The number of benzene rings is 1. The van der Waals surface area contributed by atoms with E-state index in [-0.39, 0.29) is 18.6 Å². The van der Waals surface area contributed by atoms with Crippen LogP contribution in [0.5, 0.6) is 11.5 Å². The van der Waals surface area contributed by atoms with Gasteiger partial charge in [-0.25, -0.2) is 5.43 Å². The van der Waals surface area contributed by atoms with Gasteiger partial charge in [0.2, 0.25) is 0 Å². The summed E-state index contributed by atoms with van der Waals surface area (Å²) in [5.74, 6) is -0.686. The van der Waals surface area contributed by atoms with E-state index in [0.717, 1.165) is 32.4 Å². The molecule has 9 heteroatoms. The molecule has 2 N–H and O–H groups in total. The number of hydrogen-bond acceptors (Lipinski definition) is 6. The van der Waals surface area contributed by atoms with Gasteiger partial charge >= 0.3 is 11.8 Å². The summed E-state index contributed by atoms with van der Waals surface area (Å²) in [4.78, 5) is 37.4. The number of carbonyl (C=O) groups excluding carboxylic acids is 3. The van der Waals surface area contributed by atoms with Crippen molar-refractivity contribution in [3.63, 3.8) is 0 Å². The van der Waals surface area contributed by atoms with Gasteiger partial charge in [-0.3, -0.25) is 14.4 Å². The minimum atomic E-state index is -0.836. The highest BCUT2D eigenvalue weighted by Gasteiger charge is 2.19. The zero-order chi connectivity index (χ0) is 21.9. The van der Waals surface area contributed by atoms with Gasteiger partial charge in [-0.05, 0) is 56.9 Å². The fraction of sp³-hybridized carbons (Fsp3) is 0.524. The Hall–Kier alpha value is -3.10. The molecule has 0 bridgehead atoms. The van der Waals surface area contributed by atoms with Crippen LogP contribution >= 0.6 is 0 Å². The van der Waals surface area contributed by atoms with Crippen LogP contribution in [-0.4, -0.2) is 61.2 Å². The molecule has 0 spiro atoms. The standard InChI is InChI=1S/C21H30N4O5/c1-4-15(3)23-20(27)21(28)24-22-13-16-8-9-17(18(12-16)29-5-2)30-14-19(26)25-10-6-7-11-25/h8-9,12-13,15H,4-7,10-11,14H2,1-3H3,(H,23,27)(H,24,28)/b22-13-/t15-/m0/s1. The monoisotopic (exact) mass is 418 g/mol. The minimum absolute atomic E-state index is 0.0426. The molecule has 0 radical (unpaired) electrons. The van der Waals surface area contributed by atoms with E-state index < -0.39 is 11.8 Å². The van der Waals surface area contributed by atoms with Gasteiger partial charge in [-0.1, -0.05) is 6.92 Å². The van der Waals surface area contributed by atoms with Crippen LogP contribution in [0.1, 0.15) is 45.6 Å². The first-order chi connectivity index (χ1) is 14.4. The number of nitrogens with zero attached hydrogens (tertiary/aromatic N) is 2. The van der Waals surface area contributed by atoms with Crippen molar-refractivity contribution in [2.24, 2.45) is 5.10 Å². The summed E-state index contributed by atoms with van der Waals surface area (Å²) < 4.78 is 11.3. The molecule has 1 atom stereocenters. The predicted octanol–water partition coefficient (Wildman–Crippen LogP) is 1.45. The smallest absolute Gasteiger partial charge is 0.329 e. The summed E-state index contributed by atoms with van der Waals surface area (Å²) in [6.07, 6.45) is 4.18. The van der Waals surface area contributed by atoms with E-state index in [4.69, 9.17) is 9.47 Å². The molecule has 1 aliphatic heterocycles. The number of rotatable bonds is 9. The van der Waals surface area contributed by atoms with Gasteiger partial charge in [0, 0.05) is 19.1 Å². The fourth-order valence-electron chi connectivity index (χ4n) is 2.80. The Morgan fingerprint density at radius 2 is 1.87 bits per heavy atom. The molecule has 164 valence electrons. The molecule has 1 saturated heterocycles. The van der Waals surface area contributed by atoms with Gasteiger partial charge in [-0.15, -0.1) is 0 Å². The van der Waals surface area contributed by atoms with Crippen molar-refractivity contribution in [2.45, 2.75) is 46.1 Å². The van der Waals surface area contributed by atoms with Crippen LogP contribution in [0.3, 0.4) is 0 Å². The molecule has 1 fully saturated rings. The number of hydrogen-bond donors (Lipinski definition) is 2. The van der Waals surface area contributed by atoms with Crippen LogP contribution in [0, 0.1) is 0 Å². The molecule has 0 saturated carbocycles. The molecule has 1 heterocycles. The van der Waals surface area contributed by atoms with Crippen LogP contribution < -0.4 is 20.2 Å². The topological polar surface area (TPSA) is 109 Å². The molecule has 1 aromatic rings. The molecule has 0 aliphatic carbocycles. The summed E-state index contributed by atoms with van der Waals surface area (Å²) in [5.41, 5.74) is 2.83. The maximum Gasteiger partial charge on any atom is 0.329 e. The lowest BCUT2D eigenvalue weighted by atomic mass is 10.2. The second-order valence-electron chi connectivity index (χ2n) is 7.00. The van der Waals surface area contributed by atoms with Crippen molar-refractivity contribution in [1.29, 1.82) is 0 Å². The van der Waals surface area contributed by atoms with Crippen LogP contribution in [0.15, 0.2) is 23.3 Å². The molecule has 0 aromatic heterocycles. The number of likely N-dealkylation sites (tertiary alicyclic amines) is 1. The molecule has 3 amide bonds. The van der Waals surface area contributed by atoms with Gasteiger partial charge in [0.05, 0.1) is 12.8 Å². The average Bonchev–Trinajstić information content (AvgIpc) is 3.28. The van der Waals surface area contributed by atoms with Gasteiger partial charge in [0.25, 0.3) is 5.91 Å². The second kappa shape index (κ2) is 11.8. The first-order valence-corrected chi connectivity index (χ1v) is 10.3. The van der Waals surface area contributed by atoms with Crippen molar-refractivity contribution in [3.05, 3.63) is 23.8 Å². The highest BCUT2D eigenvalue weighted by atomic mass is 16.5. The van der Waals surface area contributed by atoms with E-state index in [9.17, 15) is 14.4 Å². The van der Waals surface area contributed by atoms with E-state index in [2.05, 4.69) is 15.8 Å². The normalized spacial score (nSPS) is 14.4. The van der Waals surface area contributed by atoms with E-state index >= 15 is 0 Å². The number of nitrogens with one attached hydrogen (secondary N) is 2. The summed E-state index contributed by atoms with van der Waals surface area (Å²) >= 11 is 0. The SMILES string of the molecule is CCOc1cc(/C=N\NC(=O)C(=O)N[C@@H](C)CC)ccc1OCC(=O)N1CCCC1. The largest absolute Gasteiger partial charge is 0.490 e. The highest BCUT2D eigenvalue weighted by molar-refractivity contribution is 6.35. The number of ether oxygens (including phenoxy) is 2. The summed E-state index contributed by atoms with van der Waals surface area (Å²) in [6.45, 7) is 7.49. The van der Waals surface area contributed by atoms with E-state index in [1.54, 1.807) is 23.1 Å². The van der Waals surface area contributed by atoms with Crippen molar-refractivity contribution >= 4 is 23.9 Å². The zero-order valence-electron chi connectivity index (χ0n) is 17.8. The molecule has 1 aromatic carbocycles. The summed E-state index contributed by atoms with van der Waals surface area (Å²) in [5, 5.41) is 6.37. The third-order valence-corrected chi connectivity index (χ3v) is 4.65. The van der Waals surface area contributed by atoms with Crippen LogP contribution in [-0.2, 0) is 14.4 Å². The van der Waals surface area contributed by atoms with E-state index in [1.807, 2.05) is 20.8 Å². The molecular formula is C21H30N4O5. The Kier molecular flexibility index (Phi) is 9.11.